The lowest BCUT2D eigenvalue weighted by atomic mass is 10.1. The molecule has 3 atom stereocenters. The first-order chi connectivity index (χ1) is 12.9. The summed E-state index contributed by atoms with van der Waals surface area (Å²) in [7, 11) is 0. The topological polar surface area (TPSA) is 120 Å². The van der Waals surface area contributed by atoms with Gasteiger partial charge in [0.15, 0.2) is 0 Å². The van der Waals surface area contributed by atoms with E-state index in [1.54, 1.807) is 24.3 Å². The smallest absolute Gasteiger partial charge is 0.202 e. The van der Waals surface area contributed by atoms with Gasteiger partial charge in [-0.05, 0) is 29.8 Å². The van der Waals surface area contributed by atoms with Gasteiger partial charge in [0.25, 0.3) is 0 Å². The van der Waals surface area contributed by atoms with E-state index in [0.717, 1.165) is 0 Å². The number of ether oxygens (including phenoxy) is 2. The number of aromatic hydroxyl groups is 3. The average Bonchev–Trinajstić information content (AvgIpc) is 2.60. The molecule has 0 aromatic heterocycles. The molecule has 1 aliphatic rings. The van der Waals surface area contributed by atoms with Crippen LogP contribution in [0.5, 0.6) is 23.0 Å². The Kier molecular flexibility index (Phi) is 5.85. The first kappa shape index (κ1) is 19.0. The fourth-order valence-corrected chi connectivity index (χ4v) is 2.92. The molecule has 144 valence electrons. The Morgan fingerprint density at radius 2 is 1.81 bits per heavy atom. The number of benzene rings is 2. The van der Waals surface area contributed by atoms with E-state index in [-0.39, 0.29) is 30.3 Å². The second kappa shape index (κ2) is 8.30. The SMILES string of the molecule is OCC1CC(O)CC(Oc2cc(O)cc(/C=C/c3ccc(O)cc3O)c2)O1. The molecule has 0 spiro atoms. The summed E-state index contributed by atoms with van der Waals surface area (Å²) in [4.78, 5) is 0. The Balaban J connectivity index is 1.75. The van der Waals surface area contributed by atoms with E-state index in [1.807, 2.05) is 0 Å². The monoisotopic (exact) mass is 374 g/mol. The van der Waals surface area contributed by atoms with Gasteiger partial charge in [-0.1, -0.05) is 12.2 Å². The molecular formula is C20H22O7. The molecule has 0 aliphatic carbocycles. The standard InChI is InChI=1S/C20H22O7/c21-11-18-8-16(24)10-20(27-18)26-17-6-12(5-15(23)7-17)1-2-13-3-4-14(22)9-19(13)25/h1-7,9,16,18,20-25H,8,10-11H2/b2-1+. The number of hydrogen-bond donors (Lipinski definition) is 5. The lowest BCUT2D eigenvalue weighted by molar-refractivity contribution is -0.184. The molecule has 1 heterocycles. The van der Waals surface area contributed by atoms with Crippen molar-refractivity contribution in [3.8, 4) is 23.0 Å². The van der Waals surface area contributed by atoms with Crippen LogP contribution in [0.1, 0.15) is 24.0 Å². The molecule has 27 heavy (non-hydrogen) atoms. The third-order valence-corrected chi connectivity index (χ3v) is 4.20. The van der Waals surface area contributed by atoms with Gasteiger partial charge in [0.05, 0.1) is 18.8 Å². The van der Waals surface area contributed by atoms with Gasteiger partial charge in [-0.2, -0.15) is 0 Å². The van der Waals surface area contributed by atoms with Crippen molar-refractivity contribution >= 4 is 12.2 Å². The van der Waals surface area contributed by atoms with Crippen LogP contribution in [0.15, 0.2) is 36.4 Å². The van der Waals surface area contributed by atoms with Crippen LogP contribution in [0.25, 0.3) is 12.2 Å². The van der Waals surface area contributed by atoms with Crippen LogP contribution in [0.2, 0.25) is 0 Å². The molecule has 0 bridgehead atoms. The lowest BCUT2D eigenvalue weighted by Crippen LogP contribution is -2.40. The highest BCUT2D eigenvalue weighted by molar-refractivity contribution is 5.73. The molecule has 0 amide bonds. The molecule has 3 rings (SSSR count). The van der Waals surface area contributed by atoms with Gasteiger partial charge in [-0.3, -0.25) is 0 Å². The Labute approximate surface area is 156 Å². The second-order valence-electron chi connectivity index (χ2n) is 6.45. The number of phenolic OH excluding ortho intramolecular Hbond substituents is 3. The molecule has 1 aliphatic heterocycles. The molecule has 5 N–H and O–H groups in total. The molecule has 1 fully saturated rings. The number of phenols is 3. The third kappa shape index (κ3) is 5.13. The quantitative estimate of drug-likeness (QED) is 0.509. The maximum atomic E-state index is 9.94. The third-order valence-electron chi connectivity index (χ3n) is 4.20. The van der Waals surface area contributed by atoms with Crippen molar-refractivity contribution in [3.63, 3.8) is 0 Å². The first-order valence-corrected chi connectivity index (χ1v) is 8.58. The molecular weight excluding hydrogens is 352 g/mol. The van der Waals surface area contributed by atoms with E-state index >= 15 is 0 Å². The maximum Gasteiger partial charge on any atom is 0.202 e. The van der Waals surface area contributed by atoms with Crippen molar-refractivity contribution in [2.24, 2.45) is 0 Å². The zero-order valence-electron chi connectivity index (χ0n) is 14.5. The van der Waals surface area contributed by atoms with Crippen molar-refractivity contribution in [2.45, 2.75) is 31.3 Å². The van der Waals surface area contributed by atoms with Crippen molar-refractivity contribution in [2.75, 3.05) is 6.61 Å². The van der Waals surface area contributed by atoms with Gasteiger partial charge in [-0.15, -0.1) is 0 Å². The van der Waals surface area contributed by atoms with Crippen LogP contribution in [0, 0.1) is 0 Å². The highest BCUT2D eigenvalue weighted by atomic mass is 16.7. The molecule has 2 aromatic rings. The summed E-state index contributed by atoms with van der Waals surface area (Å²) in [5.41, 5.74) is 1.12. The number of aliphatic hydroxyl groups excluding tert-OH is 2. The van der Waals surface area contributed by atoms with Gasteiger partial charge in [0.2, 0.25) is 6.29 Å². The van der Waals surface area contributed by atoms with E-state index in [2.05, 4.69) is 0 Å². The van der Waals surface area contributed by atoms with E-state index < -0.39 is 18.5 Å². The summed E-state index contributed by atoms with van der Waals surface area (Å²) >= 11 is 0. The van der Waals surface area contributed by atoms with Crippen LogP contribution in [-0.2, 0) is 4.74 Å². The normalized spacial score (nSPS) is 22.8. The average molecular weight is 374 g/mol. The van der Waals surface area contributed by atoms with Gasteiger partial charge in [-0.25, -0.2) is 0 Å². The van der Waals surface area contributed by atoms with Crippen LogP contribution in [0.3, 0.4) is 0 Å². The first-order valence-electron chi connectivity index (χ1n) is 8.58. The molecule has 7 heteroatoms. The predicted molar refractivity (Wildman–Crippen MR) is 98.4 cm³/mol. The number of hydrogen-bond acceptors (Lipinski definition) is 7. The second-order valence-corrected chi connectivity index (χ2v) is 6.45. The molecule has 2 aromatic carbocycles. The van der Waals surface area contributed by atoms with Crippen molar-refractivity contribution in [3.05, 3.63) is 47.5 Å². The van der Waals surface area contributed by atoms with Crippen LogP contribution < -0.4 is 4.74 Å². The highest BCUT2D eigenvalue weighted by Gasteiger charge is 2.29. The van der Waals surface area contributed by atoms with Crippen LogP contribution in [0.4, 0.5) is 0 Å². The fourth-order valence-electron chi connectivity index (χ4n) is 2.92. The summed E-state index contributed by atoms with van der Waals surface area (Å²) in [6, 6.07) is 8.88. The minimum absolute atomic E-state index is 0.0165. The van der Waals surface area contributed by atoms with Crippen molar-refractivity contribution in [1.82, 2.24) is 0 Å². The van der Waals surface area contributed by atoms with Crippen LogP contribution >= 0.6 is 0 Å². The van der Waals surface area contributed by atoms with Crippen LogP contribution in [-0.4, -0.2) is 50.6 Å². The number of rotatable bonds is 5. The molecule has 1 saturated heterocycles. The Bertz CT molecular complexity index is 818. The summed E-state index contributed by atoms with van der Waals surface area (Å²) in [5, 5.41) is 48.2. The highest BCUT2D eigenvalue weighted by Crippen LogP contribution is 2.29. The minimum atomic E-state index is -0.731. The van der Waals surface area contributed by atoms with E-state index in [9.17, 15) is 25.5 Å². The van der Waals surface area contributed by atoms with E-state index in [4.69, 9.17) is 9.47 Å². The minimum Gasteiger partial charge on any atom is -0.508 e. The zero-order valence-corrected chi connectivity index (χ0v) is 14.5. The van der Waals surface area contributed by atoms with E-state index in [1.165, 1.54) is 24.3 Å². The number of aliphatic hydroxyl groups is 2. The largest absolute Gasteiger partial charge is 0.508 e. The molecule has 0 saturated carbocycles. The molecule has 3 unspecified atom stereocenters. The van der Waals surface area contributed by atoms with E-state index in [0.29, 0.717) is 23.3 Å². The fraction of sp³-hybridized carbons (Fsp3) is 0.300. The zero-order chi connectivity index (χ0) is 19.4. The van der Waals surface area contributed by atoms with Gasteiger partial charge in [0, 0.05) is 30.5 Å². The Hall–Kier alpha value is -2.74. The van der Waals surface area contributed by atoms with Gasteiger partial charge < -0.3 is 35.0 Å². The molecule has 0 radical (unpaired) electrons. The Morgan fingerprint density at radius 1 is 1.00 bits per heavy atom. The summed E-state index contributed by atoms with van der Waals surface area (Å²) in [6.07, 6.45) is 2.06. The van der Waals surface area contributed by atoms with Crippen molar-refractivity contribution < 1.29 is 35.0 Å². The van der Waals surface area contributed by atoms with Crippen molar-refractivity contribution in [1.29, 1.82) is 0 Å². The van der Waals surface area contributed by atoms with Gasteiger partial charge in [0.1, 0.15) is 23.0 Å². The Morgan fingerprint density at radius 3 is 2.56 bits per heavy atom. The summed E-state index contributed by atoms with van der Waals surface area (Å²) < 4.78 is 11.3. The maximum absolute atomic E-state index is 9.94. The van der Waals surface area contributed by atoms with Gasteiger partial charge >= 0.3 is 0 Å². The molecule has 7 nitrogen and oxygen atoms in total. The summed E-state index contributed by atoms with van der Waals surface area (Å²) in [5.74, 6) is 0.230. The summed E-state index contributed by atoms with van der Waals surface area (Å²) in [6.45, 7) is -0.207. The predicted octanol–water partition coefficient (Wildman–Crippen LogP) is 2.21. The lowest BCUT2D eigenvalue weighted by Gasteiger charge is -2.32.